The van der Waals surface area contributed by atoms with Crippen molar-refractivity contribution in [3.63, 3.8) is 0 Å². The molecule has 0 unspecified atom stereocenters. The van der Waals surface area contributed by atoms with E-state index in [-0.39, 0.29) is 0 Å². The molecule has 37 heavy (non-hydrogen) atoms. The third kappa shape index (κ3) is 3.66. The molecule has 0 spiro atoms. The van der Waals surface area contributed by atoms with Gasteiger partial charge in [-0.25, -0.2) is 26.9 Å². The number of benzene rings is 3. The Balaban J connectivity index is 2.26. The van der Waals surface area contributed by atoms with Gasteiger partial charge in [-0.05, 0) is 0 Å². The number of hydrogen-bond donors (Lipinski definition) is 0. The summed E-state index contributed by atoms with van der Waals surface area (Å²) in [6, 6.07) is 1.88. The van der Waals surface area contributed by atoms with Crippen molar-refractivity contribution in [2.45, 2.75) is 0 Å². The van der Waals surface area contributed by atoms with Crippen molar-refractivity contribution in [2.24, 2.45) is 4.99 Å². The standard InChI is InChI=1S/C19H4F5N5O8/c20-13-14(21)16(23)19(17(24)15(13)22)25-18-7-1-5(26(30)31)3-9(28(34)35)11(7)12-8(18)2-6(27(32)33)4-10(12)29(36)37/h1-4H. The number of fused-ring (bicyclic) bond motifs is 3. The quantitative estimate of drug-likeness (QED) is 0.112. The maximum absolute atomic E-state index is 14.4. The first-order chi connectivity index (χ1) is 17.3. The van der Waals surface area contributed by atoms with Gasteiger partial charge in [0.15, 0.2) is 23.3 Å². The summed E-state index contributed by atoms with van der Waals surface area (Å²) in [4.78, 5) is 44.8. The smallest absolute Gasteiger partial charge is 0.258 e. The highest BCUT2D eigenvalue weighted by Crippen LogP contribution is 2.50. The Labute approximate surface area is 197 Å². The molecule has 4 rings (SSSR count). The van der Waals surface area contributed by atoms with Crippen LogP contribution >= 0.6 is 0 Å². The number of non-ortho nitro benzene ring substituents is 2. The molecule has 0 radical (unpaired) electrons. The van der Waals surface area contributed by atoms with Crippen LogP contribution < -0.4 is 0 Å². The van der Waals surface area contributed by atoms with Crippen LogP contribution in [0.3, 0.4) is 0 Å². The third-order valence-corrected chi connectivity index (χ3v) is 5.19. The highest BCUT2D eigenvalue weighted by atomic mass is 19.2. The average molecular weight is 525 g/mol. The van der Waals surface area contributed by atoms with Crippen LogP contribution in [0.4, 0.5) is 50.4 Å². The zero-order chi connectivity index (χ0) is 27.5. The Morgan fingerprint density at radius 1 is 0.541 bits per heavy atom. The van der Waals surface area contributed by atoms with Crippen molar-refractivity contribution in [3.05, 3.63) is 105 Å². The molecule has 1 aliphatic rings. The maximum Gasteiger partial charge on any atom is 0.285 e. The van der Waals surface area contributed by atoms with E-state index in [2.05, 4.69) is 4.99 Å². The summed E-state index contributed by atoms with van der Waals surface area (Å²) in [6.45, 7) is 0. The van der Waals surface area contributed by atoms with E-state index >= 15 is 0 Å². The van der Waals surface area contributed by atoms with Gasteiger partial charge in [0.25, 0.3) is 22.7 Å². The Morgan fingerprint density at radius 2 is 0.892 bits per heavy atom. The summed E-state index contributed by atoms with van der Waals surface area (Å²) in [5.41, 5.74) is -10.2. The third-order valence-electron chi connectivity index (χ3n) is 5.19. The van der Waals surface area contributed by atoms with E-state index in [1.165, 1.54) is 0 Å². The zero-order valence-electron chi connectivity index (χ0n) is 17.2. The van der Waals surface area contributed by atoms with E-state index in [1.54, 1.807) is 0 Å². The van der Waals surface area contributed by atoms with Crippen molar-refractivity contribution in [3.8, 4) is 11.1 Å². The van der Waals surface area contributed by atoms with Crippen LogP contribution in [0.25, 0.3) is 11.1 Å². The minimum atomic E-state index is -2.55. The average Bonchev–Trinajstić information content (AvgIpc) is 3.15. The summed E-state index contributed by atoms with van der Waals surface area (Å²) in [6.07, 6.45) is 0. The highest BCUT2D eigenvalue weighted by Gasteiger charge is 2.41. The molecule has 0 amide bonds. The molecular weight excluding hydrogens is 521 g/mol. The molecule has 18 heteroatoms. The Morgan fingerprint density at radius 3 is 1.22 bits per heavy atom. The molecule has 0 atom stereocenters. The van der Waals surface area contributed by atoms with Gasteiger partial charge < -0.3 is 0 Å². The molecule has 0 saturated carbocycles. The van der Waals surface area contributed by atoms with Gasteiger partial charge >= 0.3 is 0 Å². The summed E-state index contributed by atoms with van der Waals surface area (Å²) >= 11 is 0. The van der Waals surface area contributed by atoms with Crippen LogP contribution in [0.5, 0.6) is 0 Å². The maximum atomic E-state index is 14.4. The summed E-state index contributed by atoms with van der Waals surface area (Å²) in [5, 5.41) is 46.1. The van der Waals surface area contributed by atoms with Crippen molar-refractivity contribution < 1.29 is 41.6 Å². The number of nitrogens with zero attached hydrogens (tertiary/aromatic N) is 5. The molecule has 1 aliphatic carbocycles. The van der Waals surface area contributed by atoms with E-state index in [0.717, 1.165) is 0 Å². The second-order valence-corrected chi connectivity index (χ2v) is 7.18. The van der Waals surface area contributed by atoms with Gasteiger partial charge in [-0.1, -0.05) is 0 Å². The first-order valence-electron chi connectivity index (χ1n) is 9.31. The van der Waals surface area contributed by atoms with Gasteiger partial charge in [-0.3, -0.25) is 40.5 Å². The van der Waals surface area contributed by atoms with E-state index in [9.17, 15) is 62.4 Å². The SMILES string of the molecule is O=[N+]([O-])c1cc2c(c([N+](=O)[O-])c1)-c1c(cc([N+](=O)[O-])cc1[N+](=O)[O-])C2=Nc1c(F)c(F)c(F)c(F)c1F. The van der Waals surface area contributed by atoms with Crippen molar-refractivity contribution in [2.75, 3.05) is 0 Å². The predicted molar refractivity (Wildman–Crippen MR) is 110 cm³/mol. The second kappa shape index (κ2) is 8.36. The van der Waals surface area contributed by atoms with E-state index in [1.807, 2.05) is 0 Å². The first kappa shape index (κ1) is 24.7. The fourth-order valence-electron chi connectivity index (χ4n) is 3.69. The second-order valence-electron chi connectivity index (χ2n) is 7.18. The molecule has 0 bridgehead atoms. The molecule has 0 aromatic heterocycles. The molecule has 0 saturated heterocycles. The molecule has 0 fully saturated rings. The largest absolute Gasteiger partial charge is 0.285 e. The van der Waals surface area contributed by atoms with Crippen LogP contribution in [0.15, 0.2) is 29.3 Å². The molecular formula is C19H4F5N5O8. The summed E-state index contributed by atoms with van der Waals surface area (Å²) in [5.74, 6) is -12.4. The number of nitro benzene ring substituents is 4. The van der Waals surface area contributed by atoms with Crippen LogP contribution in [-0.4, -0.2) is 25.4 Å². The Bertz CT molecular complexity index is 1550. The molecule has 0 N–H and O–H groups in total. The number of rotatable bonds is 5. The Kier molecular flexibility index (Phi) is 5.58. The normalized spacial score (nSPS) is 11.6. The van der Waals surface area contributed by atoms with Crippen molar-refractivity contribution in [1.82, 2.24) is 0 Å². The lowest BCUT2D eigenvalue weighted by Gasteiger charge is -2.07. The van der Waals surface area contributed by atoms with Crippen LogP contribution in [0, 0.1) is 69.5 Å². The van der Waals surface area contributed by atoms with E-state index < -0.39 is 105 Å². The lowest BCUT2D eigenvalue weighted by atomic mass is 10.0. The highest BCUT2D eigenvalue weighted by molar-refractivity contribution is 6.28. The zero-order valence-corrected chi connectivity index (χ0v) is 17.2. The predicted octanol–water partition coefficient (Wildman–Crippen LogP) is 5.16. The lowest BCUT2D eigenvalue weighted by molar-refractivity contribution is -0.395. The monoisotopic (exact) mass is 525 g/mol. The summed E-state index contributed by atoms with van der Waals surface area (Å²) < 4.78 is 69.8. The minimum absolute atomic E-state index is 0.398. The van der Waals surface area contributed by atoms with Gasteiger partial charge in [0, 0.05) is 23.3 Å². The molecule has 13 nitrogen and oxygen atoms in total. The lowest BCUT2D eigenvalue weighted by Crippen LogP contribution is -2.05. The van der Waals surface area contributed by atoms with Crippen LogP contribution in [0.2, 0.25) is 0 Å². The molecule has 0 heterocycles. The number of nitro groups is 4. The van der Waals surface area contributed by atoms with Gasteiger partial charge in [-0.2, -0.15) is 0 Å². The summed E-state index contributed by atoms with van der Waals surface area (Å²) in [7, 11) is 0. The number of halogens is 5. The van der Waals surface area contributed by atoms with Crippen molar-refractivity contribution >= 4 is 34.1 Å². The minimum Gasteiger partial charge on any atom is -0.258 e. The number of hydrogen-bond acceptors (Lipinski definition) is 9. The molecule has 3 aromatic carbocycles. The molecule has 188 valence electrons. The fourth-order valence-corrected chi connectivity index (χ4v) is 3.69. The van der Waals surface area contributed by atoms with Gasteiger partial charge in [0.05, 0.1) is 48.7 Å². The first-order valence-corrected chi connectivity index (χ1v) is 9.31. The molecule has 0 aliphatic heterocycles. The van der Waals surface area contributed by atoms with Gasteiger partial charge in [-0.15, -0.1) is 0 Å². The van der Waals surface area contributed by atoms with E-state index in [0.29, 0.717) is 24.3 Å². The van der Waals surface area contributed by atoms with Crippen molar-refractivity contribution in [1.29, 1.82) is 0 Å². The van der Waals surface area contributed by atoms with Crippen LogP contribution in [0.1, 0.15) is 11.1 Å². The van der Waals surface area contributed by atoms with Gasteiger partial charge in [0.2, 0.25) is 5.82 Å². The number of aliphatic imine (C=N–C) groups is 1. The molecule has 3 aromatic rings. The van der Waals surface area contributed by atoms with Crippen LogP contribution in [-0.2, 0) is 0 Å². The topological polar surface area (TPSA) is 185 Å². The Hall–Kier alpha value is -5.42. The fraction of sp³-hybridized carbons (Fsp3) is 0. The van der Waals surface area contributed by atoms with E-state index in [4.69, 9.17) is 0 Å². The van der Waals surface area contributed by atoms with Gasteiger partial charge in [0.1, 0.15) is 5.69 Å².